The zero-order valence-corrected chi connectivity index (χ0v) is 10.5. The third kappa shape index (κ3) is 5.24. The first-order valence-electron chi connectivity index (χ1n) is 4.11. The van der Waals surface area contributed by atoms with Crippen molar-refractivity contribution in [2.45, 2.75) is 0 Å². The maximum Gasteiger partial charge on any atom is 0.270 e. The number of terminal acetylenes is 1. The Morgan fingerprint density at radius 3 is 2.29 bits per heavy atom. The fourth-order valence-electron chi connectivity index (χ4n) is 0.909. The molecule has 14 heavy (non-hydrogen) atoms. The van der Waals surface area contributed by atoms with Crippen LogP contribution in [-0.4, -0.2) is 42.8 Å². The summed E-state index contributed by atoms with van der Waals surface area (Å²) in [6.07, 6.45) is 5.02. The summed E-state index contributed by atoms with van der Waals surface area (Å²) < 4.78 is 18.6. The van der Waals surface area contributed by atoms with Crippen molar-refractivity contribution in [3.8, 4) is 12.3 Å². The van der Waals surface area contributed by atoms with Gasteiger partial charge in [0.05, 0.1) is 0 Å². The number of nitrogens with zero attached hydrogens (tertiary/aromatic N) is 1. The minimum absolute atomic E-state index is 0.0366. The van der Waals surface area contributed by atoms with Crippen molar-refractivity contribution in [3.63, 3.8) is 0 Å². The topological polar surface area (TPSA) is 29.5 Å². The van der Waals surface area contributed by atoms with Gasteiger partial charge in [-0.15, -0.1) is 29.6 Å². The van der Waals surface area contributed by atoms with Crippen molar-refractivity contribution in [2.75, 3.05) is 38.1 Å². The Kier molecular flexibility index (Phi) is 7.72. The number of rotatable bonds is 7. The Bertz CT molecular complexity index is 236. The van der Waals surface area contributed by atoms with E-state index in [0.717, 1.165) is 0 Å². The summed E-state index contributed by atoms with van der Waals surface area (Å²) in [5, 5.41) is 0. The zero-order chi connectivity index (χ0) is 11.0. The second kappa shape index (κ2) is 7.56. The van der Waals surface area contributed by atoms with E-state index in [1.165, 1.54) is 6.66 Å². The van der Waals surface area contributed by atoms with Gasteiger partial charge in [0, 0.05) is 31.5 Å². The van der Waals surface area contributed by atoms with Crippen LogP contribution < -0.4 is 0 Å². The molecule has 0 aliphatic heterocycles. The first kappa shape index (κ1) is 14.3. The molecule has 0 aromatic heterocycles. The van der Waals surface area contributed by atoms with Gasteiger partial charge in [-0.1, -0.05) is 5.92 Å². The Balaban J connectivity index is 4.30. The lowest BCUT2D eigenvalue weighted by atomic mass is 10.6. The Labute approximate surface area is 95.2 Å². The molecule has 0 saturated carbocycles. The molecule has 82 valence electrons. The number of halogens is 2. The van der Waals surface area contributed by atoms with Crippen molar-refractivity contribution in [1.29, 1.82) is 0 Å². The van der Waals surface area contributed by atoms with Gasteiger partial charge in [-0.25, -0.2) is 4.67 Å². The molecule has 0 saturated heterocycles. The number of hydrogen-bond acceptors (Lipinski definition) is 2. The van der Waals surface area contributed by atoms with Crippen molar-refractivity contribution in [1.82, 2.24) is 4.67 Å². The highest BCUT2D eigenvalue weighted by molar-refractivity contribution is 7.55. The SMILES string of the molecule is C#CCOP(C)(=O)N(CCCl)CCCl. The van der Waals surface area contributed by atoms with Crippen LogP contribution in [0.15, 0.2) is 0 Å². The molecule has 0 aromatic carbocycles. The van der Waals surface area contributed by atoms with Crippen molar-refractivity contribution in [3.05, 3.63) is 0 Å². The van der Waals surface area contributed by atoms with E-state index >= 15 is 0 Å². The highest BCUT2D eigenvalue weighted by Crippen LogP contribution is 2.46. The summed E-state index contributed by atoms with van der Waals surface area (Å²) in [6.45, 7) is 2.51. The molecule has 1 unspecified atom stereocenters. The van der Waals surface area contributed by atoms with Crippen LogP contribution in [0, 0.1) is 12.3 Å². The Hall–Kier alpha value is 0.290. The molecule has 0 aromatic rings. The fraction of sp³-hybridized carbons (Fsp3) is 0.750. The van der Waals surface area contributed by atoms with Gasteiger partial charge < -0.3 is 4.52 Å². The first-order chi connectivity index (χ1) is 6.58. The average molecular weight is 258 g/mol. The molecule has 0 bridgehead atoms. The third-order valence-corrected chi connectivity index (χ3v) is 3.96. The number of alkyl halides is 2. The Morgan fingerprint density at radius 1 is 1.43 bits per heavy atom. The average Bonchev–Trinajstić information content (AvgIpc) is 2.14. The quantitative estimate of drug-likeness (QED) is 0.398. The maximum atomic E-state index is 11.9. The predicted molar refractivity (Wildman–Crippen MR) is 61.3 cm³/mol. The molecule has 0 aliphatic rings. The molecule has 0 radical (unpaired) electrons. The summed E-state index contributed by atoms with van der Waals surface area (Å²) >= 11 is 11.1. The molecule has 0 amide bonds. The maximum absolute atomic E-state index is 11.9. The second-order valence-corrected chi connectivity index (χ2v) is 5.80. The van der Waals surface area contributed by atoms with Crippen LogP contribution in [0.2, 0.25) is 0 Å². The van der Waals surface area contributed by atoms with Crippen LogP contribution >= 0.6 is 30.7 Å². The summed E-state index contributed by atoms with van der Waals surface area (Å²) in [7, 11) is -2.83. The molecular weight excluding hydrogens is 244 g/mol. The van der Waals surface area contributed by atoms with Gasteiger partial charge >= 0.3 is 0 Å². The van der Waals surface area contributed by atoms with Crippen LogP contribution in [0.5, 0.6) is 0 Å². The van der Waals surface area contributed by atoms with Crippen molar-refractivity contribution in [2.24, 2.45) is 0 Å². The fourth-order valence-corrected chi connectivity index (χ4v) is 2.96. The predicted octanol–water partition coefficient (Wildman–Crippen LogP) is 2.24. The summed E-state index contributed by atoms with van der Waals surface area (Å²) in [5.74, 6) is 3.04. The molecule has 6 heteroatoms. The highest BCUT2D eigenvalue weighted by Gasteiger charge is 2.24. The monoisotopic (exact) mass is 257 g/mol. The molecule has 1 atom stereocenters. The molecule has 0 spiro atoms. The van der Waals surface area contributed by atoms with Gasteiger partial charge in [-0.05, 0) is 0 Å². The van der Waals surface area contributed by atoms with E-state index in [1.54, 1.807) is 4.67 Å². The van der Waals surface area contributed by atoms with Crippen LogP contribution in [0.1, 0.15) is 0 Å². The molecule has 0 rings (SSSR count). The second-order valence-electron chi connectivity index (χ2n) is 2.61. The largest absolute Gasteiger partial charge is 0.305 e. The molecule has 3 nitrogen and oxygen atoms in total. The van der Waals surface area contributed by atoms with E-state index in [1.807, 2.05) is 0 Å². The van der Waals surface area contributed by atoms with E-state index < -0.39 is 7.52 Å². The zero-order valence-electron chi connectivity index (χ0n) is 8.08. The van der Waals surface area contributed by atoms with Gasteiger partial charge in [-0.2, -0.15) is 0 Å². The minimum Gasteiger partial charge on any atom is -0.305 e. The molecule has 0 heterocycles. The van der Waals surface area contributed by atoms with Crippen LogP contribution in [0.4, 0.5) is 0 Å². The molecular formula is C8H14Cl2NO2P. The van der Waals surface area contributed by atoms with E-state index in [2.05, 4.69) is 5.92 Å². The van der Waals surface area contributed by atoms with E-state index in [-0.39, 0.29) is 6.61 Å². The standard InChI is InChI=1S/C8H14Cl2NO2P/c1-3-8-13-14(2,12)11(6-4-9)7-5-10/h1H,4-8H2,2H3. The van der Waals surface area contributed by atoms with Gasteiger partial charge in [0.15, 0.2) is 0 Å². The highest BCUT2D eigenvalue weighted by atomic mass is 35.5. The first-order valence-corrected chi connectivity index (χ1v) is 7.20. The normalized spacial score (nSPS) is 15.1. The Morgan fingerprint density at radius 2 is 1.93 bits per heavy atom. The third-order valence-electron chi connectivity index (χ3n) is 1.59. The lowest BCUT2D eigenvalue weighted by Gasteiger charge is -2.26. The van der Waals surface area contributed by atoms with E-state index in [0.29, 0.717) is 24.8 Å². The molecule has 0 N–H and O–H groups in total. The molecule has 0 fully saturated rings. The van der Waals surface area contributed by atoms with Gasteiger partial charge in [0.25, 0.3) is 7.52 Å². The van der Waals surface area contributed by atoms with Gasteiger partial charge in [0.1, 0.15) is 6.61 Å². The number of hydrogen-bond donors (Lipinski definition) is 0. The van der Waals surface area contributed by atoms with Crippen molar-refractivity contribution >= 4 is 30.7 Å². The lowest BCUT2D eigenvalue weighted by molar-refractivity contribution is 0.301. The lowest BCUT2D eigenvalue weighted by Crippen LogP contribution is -2.25. The smallest absolute Gasteiger partial charge is 0.270 e. The van der Waals surface area contributed by atoms with E-state index in [4.69, 9.17) is 34.1 Å². The minimum atomic E-state index is -2.83. The summed E-state index contributed by atoms with van der Waals surface area (Å²) in [6, 6.07) is 0. The summed E-state index contributed by atoms with van der Waals surface area (Å²) in [4.78, 5) is 0. The van der Waals surface area contributed by atoms with Gasteiger partial charge in [-0.3, -0.25) is 4.57 Å². The van der Waals surface area contributed by atoms with Gasteiger partial charge in [0.2, 0.25) is 0 Å². The molecule has 0 aliphatic carbocycles. The summed E-state index contributed by atoms with van der Waals surface area (Å²) in [5.41, 5.74) is 0. The van der Waals surface area contributed by atoms with Crippen LogP contribution in [0.25, 0.3) is 0 Å². The van der Waals surface area contributed by atoms with E-state index in [9.17, 15) is 4.57 Å². The van der Waals surface area contributed by atoms with Crippen LogP contribution in [0.3, 0.4) is 0 Å². The van der Waals surface area contributed by atoms with Crippen molar-refractivity contribution < 1.29 is 9.09 Å². The van der Waals surface area contributed by atoms with Crippen LogP contribution in [-0.2, 0) is 9.09 Å².